The number of hydrogen-bond donors (Lipinski definition) is 2. The lowest BCUT2D eigenvalue weighted by Crippen LogP contribution is -2.60. The van der Waals surface area contributed by atoms with E-state index in [-0.39, 0.29) is 24.7 Å². The summed E-state index contributed by atoms with van der Waals surface area (Å²) in [7, 11) is -3.34. The van der Waals surface area contributed by atoms with Crippen LogP contribution in [0.3, 0.4) is 0 Å². The van der Waals surface area contributed by atoms with E-state index in [0.717, 1.165) is 23.5 Å². The fourth-order valence-electron chi connectivity index (χ4n) is 4.63. The number of rotatable bonds is 7. The highest BCUT2D eigenvalue weighted by Crippen LogP contribution is 2.48. The summed E-state index contributed by atoms with van der Waals surface area (Å²) in [4.78, 5) is 2.13. The van der Waals surface area contributed by atoms with Crippen LogP contribution in [0.5, 0.6) is 17.2 Å². The Labute approximate surface area is 224 Å². The predicted octanol–water partition coefficient (Wildman–Crippen LogP) is 5.40. The highest BCUT2D eigenvalue weighted by Gasteiger charge is 2.41. The number of nitrogens with zero attached hydrogens (tertiary/aromatic N) is 2. The highest BCUT2D eigenvalue weighted by atomic mass is 32.2. The average molecular weight is 564 g/mol. The molecule has 0 saturated carbocycles. The molecule has 12 heteroatoms. The molecule has 4 atom stereocenters. The first-order valence-corrected chi connectivity index (χ1v) is 14.0. The van der Waals surface area contributed by atoms with E-state index in [9.17, 15) is 22.5 Å². The van der Waals surface area contributed by atoms with E-state index in [1.807, 2.05) is 60.4 Å². The van der Waals surface area contributed by atoms with Crippen molar-refractivity contribution in [2.24, 2.45) is 4.36 Å². The first kappa shape index (κ1) is 27.3. The van der Waals surface area contributed by atoms with Crippen LogP contribution in [0, 0.1) is 0 Å². The van der Waals surface area contributed by atoms with Gasteiger partial charge in [-0.2, -0.15) is 0 Å². The molecule has 0 spiro atoms. The normalized spacial score (nSPS) is 22.2. The monoisotopic (exact) mass is 563 g/mol. The summed E-state index contributed by atoms with van der Waals surface area (Å²) in [6.45, 7) is 2.35. The lowest BCUT2D eigenvalue weighted by Gasteiger charge is -2.44. The van der Waals surface area contributed by atoms with Gasteiger partial charge in [-0.05, 0) is 55.0 Å². The Kier molecular flexibility index (Phi) is 7.72. The molecule has 2 aliphatic heterocycles. The summed E-state index contributed by atoms with van der Waals surface area (Å²) in [5.41, 5.74) is 1.50. The summed E-state index contributed by atoms with van der Waals surface area (Å²) in [5, 5.41) is 11.6. The molecule has 0 amide bonds. The number of para-hydroxylation sites is 4. The second-order valence-corrected chi connectivity index (χ2v) is 11.1. The van der Waals surface area contributed by atoms with Gasteiger partial charge >= 0.3 is 6.36 Å². The number of fused-ring (bicyclic) bond motifs is 2. The second kappa shape index (κ2) is 11.0. The van der Waals surface area contributed by atoms with E-state index < -0.39 is 40.2 Å². The van der Waals surface area contributed by atoms with Crippen molar-refractivity contribution in [1.29, 1.82) is 0 Å². The van der Waals surface area contributed by atoms with Gasteiger partial charge in [-0.25, -0.2) is 13.3 Å². The molecule has 3 aromatic carbocycles. The van der Waals surface area contributed by atoms with Gasteiger partial charge in [-0.3, -0.25) is 0 Å². The van der Waals surface area contributed by atoms with Gasteiger partial charge in [0.15, 0.2) is 11.5 Å². The van der Waals surface area contributed by atoms with Crippen molar-refractivity contribution in [2.75, 3.05) is 24.7 Å². The maximum Gasteiger partial charge on any atom is 0.573 e. The number of aliphatic hydroxyl groups is 1. The van der Waals surface area contributed by atoms with Crippen LogP contribution >= 0.6 is 0 Å². The zero-order valence-corrected chi connectivity index (χ0v) is 21.8. The van der Waals surface area contributed by atoms with E-state index in [0.29, 0.717) is 17.9 Å². The van der Waals surface area contributed by atoms with Crippen molar-refractivity contribution in [3.05, 3.63) is 72.8 Å². The number of aliphatic hydroxyl groups excluding tert-OH is 1. The summed E-state index contributed by atoms with van der Waals surface area (Å²) in [5.74, 6) is 0.817. The second-order valence-electron chi connectivity index (χ2n) is 9.13. The van der Waals surface area contributed by atoms with Crippen molar-refractivity contribution >= 4 is 21.3 Å². The number of alkyl halides is 3. The molecule has 5 rings (SSSR count). The topological polar surface area (TPSA) is 92.6 Å². The molecular formula is C27H28F3N3O5S. The summed E-state index contributed by atoms with van der Waals surface area (Å²) in [6, 6.07) is 18.3. The molecule has 2 aliphatic rings. The average Bonchev–Trinajstić information content (AvgIpc) is 2.91. The Balaban J connectivity index is 1.45. The molecule has 2 heterocycles. The Morgan fingerprint density at radius 3 is 2.23 bits per heavy atom. The molecule has 1 saturated heterocycles. The first-order chi connectivity index (χ1) is 18.7. The van der Waals surface area contributed by atoms with Gasteiger partial charge < -0.3 is 24.2 Å². The maximum absolute atomic E-state index is 14.1. The Morgan fingerprint density at radius 2 is 1.64 bits per heavy atom. The Morgan fingerprint density at radius 1 is 1.03 bits per heavy atom. The molecule has 0 bridgehead atoms. The molecule has 39 heavy (non-hydrogen) atoms. The van der Waals surface area contributed by atoms with Gasteiger partial charge in [0.2, 0.25) is 0 Å². The highest BCUT2D eigenvalue weighted by molar-refractivity contribution is 7.91. The molecule has 0 radical (unpaired) electrons. The van der Waals surface area contributed by atoms with Crippen molar-refractivity contribution in [3.8, 4) is 17.2 Å². The van der Waals surface area contributed by atoms with E-state index in [1.54, 1.807) is 0 Å². The molecule has 2 N–H and O–H groups in total. The molecule has 1 fully saturated rings. The van der Waals surface area contributed by atoms with E-state index in [4.69, 9.17) is 9.47 Å². The van der Waals surface area contributed by atoms with Crippen LogP contribution in [0.15, 0.2) is 82.1 Å². The van der Waals surface area contributed by atoms with Crippen molar-refractivity contribution < 1.29 is 36.7 Å². The van der Waals surface area contributed by atoms with Crippen molar-refractivity contribution in [2.45, 2.75) is 42.8 Å². The van der Waals surface area contributed by atoms with Crippen molar-refractivity contribution in [1.82, 2.24) is 4.72 Å². The van der Waals surface area contributed by atoms with Crippen LogP contribution < -0.4 is 19.1 Å². The molecule has 0 aliphatic carbocycles. The number of hydrogen-bond acceptors (Lipinski definition) is 7. The van der Waals surface area contributed by atoms with E-state index in [1.165, 1.54) is 12.1 Å². The molecule has 208 valence electrons. The van der Waals surface area contributed by atoms with Crippen LogP contribution in [0.2, 0.25) is 0 Å². The number of benzene rings is 3. The van der Waals surface area contributed by atoms with Gasteiger partial charge in [0.05, 0.1) is 47.7 Å². The summed E-state index contributed by atoms with van der Waals surface area (Å²) in [6.07, 6.45) is -5.30. The van der Waals surface area contributed by atoms with Gasteiger partial charge in [-0.1, -0.05) is 31.2 Å². The Hall–Kier alpha value is -3.32. The third-order valence-electron chi connectivity index (χ3n) is 6.38. The third kappa shape index (κ3) is 5.83. The number of anilines is 2. The van der Waals surface area contributed by atoms with Crippen LogP contribution in [0.4, 0.5) is 24.5 Å². The predicted molar refractivity (Wildman–Crippen MR) is 140 cm³/mol. The fourth-order valence-corrected chi connectivity index (χ4v) is 6.56. The van der Waals surface area contributed by atoms with Crippen LogP contribution in [-0.2, 0) is 14.7 Å². The lowest BCUT2D eigenvalue weighted by molar-refractivity contribution is -0.274. The minimum absolute atomic E-state index is 0.0548. The van der Waals surface area contributed by atoms with E-state index in [2.05, 4.69) is 13.8 Å². The van der Waals surface area contributed by atoms with Crippen molar-refractivity contribution in [3.63, 3.8) is 0 Å². The number of nitrogens with one attached hydrogen (secondary N) is 1. The largest absolute Gasteiger partial charge is 0.573 e. The minimum atomic E-state index is -4.84. The summed E-state index contributed by atoms with van der Waals surface area (Å²) < 4.78 is 75.1. The Bertz CT molecular complexity index is 1380. The van der Waals surface area contributed by atoms with Gasteiger partial charge in [0.1, 0.15) is 15.7 Å². The zero-order chi connectivity index (χ0) is 27.6. The number of ether oxygens (including phenoxy) is 3. The SMILES string of the molecule is CCCN=S(=O)(NC1COCC(N2c3ccccc3Oc3ccccc32)C1O)c1ccc(OC(F)(F)F)cc1. The third-order valence-corrected chi connectivity index (χ3v) is 8.46. The van der Waals surface area contributed by atoms with Gasteiger partial charge in [-0.15, -0.1) is 13.2 Å². The quantitative estimate of drug-likeness (QED) is 0.400. The van der Waals surface area contributed by atoms with Gasteiger partial charge in [0, 0.05) is 6.54 Å². The first-order valence-electron chi connectivity index (χ1n) is 12.5. The smallest absolute Gasteiger partial charge is 0.453 e. The van der Waals surface area contributed by atoms with Crippen LogP contribution in [0.25, 0.3) is 0 Å². The lowest BCUT2D eigenvalue weighted by atomic mass is 9.98. The summed E-state index contributed by atoms with van der Waals surface area (Å²) >= 11 is 0. The van der Waals surface area contributed by atoms with E-state index >= 15 is 0 Å². The zero-order valence-electron chi connectivity index (χ0n) is 21.0. The standard InChI is InChI=1S/C27H28F3N3O5S/c1-2-15-31-39(35,19-13-11-18(12-14-19)38-27(28,29)30)32-20-16-36-17-23(26(20)34)33-21-7-3-5-9-24(21)37-25-10-6-4-8-22(25)33/h3-14,20,23,26,34H,2,15-17H2,1H3,(H,31,32,35). The maximum atomic E-state index is 14.1. The van der Waals surface area contributed by atoms with Crippen LogP contribution in [-0.4, -0.2) is 53.6 Å². The molecule has 0 aromatic heterocycles. The molecular weight excluding hydrogens is 535 g/mol. The minimum Gasteiger partial charge on any atom is -0.453 e. The van der Waals surface area contributed by atoms with Crippen LogP contribution in [0.1, 0.15) is 13.3 Å². The fraction of sp³-hybridized carbons (Fsp3) is 0.333. The van der Waals surface area contributed by atoms with Gasteiger partial charge in [0.25, 0.3) is 0 Å². The molecule has 4 unspecified atom stereocenters. The molecule has 8 nitrogen and oxygen atoms in total. The number of halogens is 3. The molecule has 3 aromatic rings.